The van der Waals surface area contributed by atoms with Crippen molar-refractivity contribution in [2.45, 2.75) is 64.3 Å². The predicted octanol–water partition coefficient (Wildman–Crippen LogP) is 5.12. The molecular weight excluding hydrogens is 275 g/mol. The highest BCUT2D eigenvalue weighted by Gasteiger charge is 2.13. The van der Waals surface area contributed by atoms with Gasteiger partial charge in [-0.15, -0.1) is 0 Å². The van der Waals surface area contributed by atoms with E-state index in [1.54, 1.807) is 6.07 Å². The van der Waals surface area contributed by atoms with E-state index in [1.165, 1.54) is 50.7 Å². The van der Waals surface area contributed by atoms with Crippen LogP contribution in [0.4, 0.5) is 4.39 Å². The van der Waals surface area contributed by atoms with Crippen LogP contribution in [0.15, 0.2) is 18.2 Å². The molecule has 2 nitrogen and oxygen atoms in total. The van der Waals surface area contributed by atoms with Gasteiger partial charge in [0.2, 0.25) is 0 Å². The van der Waals surface area contributed by atoms with Crippen LogP contribution in [0.2, 0.25) is 5.02 Å². The maximum Gasteiger partial charge on any atom is 0.123 e. The van der Waals surface area contributed by atoms with Crippen LogP contribution < -0.4 is 11.3 Å². The summed E-state index contributed by atoms with van der Waals surface area (Å²) in [6.45, 7) is 2.22. The minimum atomic E-state index is -0.274. The zero-order valence-electron chi connectivity index (χ0n) is 12.3. The topological polar surface area (TPSA) is 38.0 Å². The molecule has 4 heteroatoms. The third kappa shape index (κ3) is 6.21. The lowest BCUT2D eigenvalue weighted by Crippen LogP contribution is -2.28. The number of nitrogens with one attached hydrogen (secondary N) is 1. The first kappa shape index (κ1) is 17.4. The van der Waals surface area contributed by atoms with Crippen LogP contribution in [0.25, 0.3) is 0 Å². The van der Waals surface area contributed by atoms with Gasteiger partial charge in [0.05, 0.1) is 0 Å². The van der Waals surface area contributed by atoms with Crippen molar-refractivity contribution >= 4 is 11.6 Å². The molecule has 0 saturated heterocycles. The molecule has 1 unspecified atom stereocenters. The zero-order valence-corrected chi connectivity index (χ0v) is 13.1. The van der Waals surface area contributed by atoms with Crippen LogP contribution in [0.5, 0.6) is 0 Å². The summed E-state index contributed by atoms with van der Waals surface area (Å²) in [7, 11) is 0. The van der Waals surface area contributed by atoms with Crippen molar-refractivity contribution in [3.63, 3.8) is 0 Å². The number of hydrogen-bond donors (Lipinski definition) is 2. The lowest BCUT2D eigenvalue weighted by molar-refractivity contribution is 0.473. The highest BCUT2D eigenvalue weighted by molar-refractivity contribution is 6.31. The van der Waals surface area contributed by atoms with E-state index in [9.17, 15) is 4.39 Å². The number of halogens is 2. The number of nitrogens with two attached hydrogens (primary N) is 1. The largest absolute Gasteiger partial charge is 0.271 e. The predicted molar refractivity (Wildman–Crippen MR) is 84.1 cm³/mol. The summed E-state index contributed by atoms with van der Waals surface area (Å²) >= 11 is 6.10. The Morgan fingerprint density at radius 2 is 1.80 bits per heavy atom. The van der Waals surface area contributed by atoms with Crippen LogP contribution >= 0.6 is 11.6 Å². The van der Waals surface area contributed by atoms with Gasteiger partial charge in [0.25, 0.3) is 0 Å². The summed E-state index contributed by atoms with van der Waals surface area (Å²) in [5.41, 5.74) is 3.50. The SMILES string of the molecule is CCCCCCCCCC(NN)c1cc(F)ccc1Cl. The molecule has 0 fully saturated rings. The van der Waals surface area contributed by atoms with E-state index >= 15 is 0 Å². The Morgan fingerprint density at radius 1 is 1.15 bits per heavy atom. The molecule has 1 rings (SSSR count). The van der Waals surface area contributed by atoms with Crippen molar-refractivity contribution in [3.8, 4) is 0 Å². The molecule has 1 aromatic carbocycles. The molecule has 0 radical (unpaired) electrons. The van der Waals surface area contributed by atoms with Gasteiger partial charge in [-0.3, -0.25) is 11.3 Å². The number of hydrogen-bond acceptors (Lipinski definition) is 2. The van der Waals surface area contributed by atoms with Crippen LogP contribution in [-0.4, -0.2) is 0 Å². The highest BCUT2D eigenvalue weighted by atomic mass is 35.5. The molecule has 0 aromatic heterocycles. The van der Waals surface area contributed by atoms with Gasteiger partial charge in [0, 0.05) is 11.1 Å². The minimum absolute atomic E-state index is 0.0751. The molecule has 0 saturated carbocycles. The van der Waals surface area contributed by atoms with Gasteiger partial charge >= 0.3 is 0 Å². The summed E-state index contributed by atoms with van der Waals surface area (Å²) < 4.78 is 13.3. The van der Waals surface area contributed by atoms with Gasteiger partial charge in [-0.1, -0.05) is 63.5 Å². The minimum Gasteiger partial charge on any atom is -0.271 e. The summed E-state index contributed by atoms with van der Waals surface area (Å²) in [6.07, 6.45) is 9.63. The Kier molecular flexibility index (Phi) is 8.83. The number of benzene rings is 1. The molecule has 0 aliphatic rings. The Morgan fingerprint density at radius 3 is 2.45 bits per heavy atom. The Hall–Kier alpha value is -0.640. The second-order valence-corrected chi connectivity index (χ2v) is 5.70. The smallest absolute Gasteiger partial charge is 0.123 e. The number of rotatable bonds is 10. The molecule has 3 N–H and O–H groups in total. The number of hydrazine groups is 1. The average Bonchev–Trinajstić information content (AvgIpc) is 2.45. The molecule has 20 heavy (non-hydrogen) atoms. The quantitative estimate of drug-likeness (QED) is 0.357. The fourth-order valence-electron chi connectivity index (χ4n) is 2.42. The third-order valence-electron chi connectivity index (χ3n) is 3.63. The molecular formula is C16H26ClFN2. The van der Waals surface area contributed by atoms with Gasteiger partial charge < -0.3 is 0 Å². The lowest BCUT2D eigenvalue weighted by atomic mass is 10.00. The van der Waals surface area contributed by atoms with Gasteiger partial charge in [-0.2, -0.15) is 0 Å². The van der Waals surface area contributed by atoms with Crippen LogP contribution in [0, 0.1) is 5.82 Å². The third-order valence-corrected chi connectivity index (χ3v) is 3.98. The molecule has 1 atom stereocenters. The van der Waals surface area contributed by atoms with Crippen molar-refractivity contribution in [2.75, 3.05) is 0 Å². The van der Waals surface area contributed by atoms with E-state index in [0.29, 0.717) is 5.02 Å². The molecule has 114 valence electrons. The first-order valence-electron chi connectivity index (χ1n) is 7.60. The average molecular weight is 301 g/mol. The molecule has 0 heterocycles. The van der Waals surface area contributed by atoms with Gasteiger partial charge in [0.15, 0.2) is 0 Å². The van der Waals surface area contributed by atoms with E-state index in [1.807, 2.05) is 0 Å². The van der Waals surface area contributed by atoms with Crippen LogP contribution in [-0.2, 0) is 0 Å². The maximum absolute atomic E-state index is 13.3. The van der Waals surface area contributed by atoms with Crippen molar-refractivity contribution in [1.29, 1.82) is 0 Å². The fraction of sp³-hybridized carbons (Fsp3) is 0.625. The molecule has 1 aromatic rings. The summed E-state index contributed by atoms with van der Waals surface area (Å²) in [4.78, 5) is 0. The van der Waals surface area contributed by atoms with E-state index in [0.717, 1.165) is 18.4 Å². The Balaban J connectivity index is 2.34. The highest BCUT2D eigenvalue weighted by Crippen LogP contribution is 2.27. The van der Waals surface area contributed by atoms with Crippen molar-refractivity contribution < 1.29 is 4.39 Å². The molecule has 0 amide bonds. The van der Waals surface area contributed by atoms with Crippen molar-refractivity contribution in [1.82, 2.24) is 5.43 Å². The van der Waals surface area contributed by atoms with E-state index in [-0.39, 0.29) is 11.9 Å². The zero-order chi connectivity index (χ0) is 14.8. The van der Waals surface area contributed by atoms with Gasteiger partial charge in [0.1, 0.15) is 5.82 Å². The van der Waals surface area contributed by atoms with E-state index < -0.39 is 0 Å². The van der Waals surface area contributed by atoms with Gasteiger partial charge in [-0.25, -0.2) is 4.39 Å². The van der Waals surface area contributed by atoms with Crippen LogP contribution in [0.3, 0.4) is 0 Å². The van der Waals surface area contributed by atoms with Crippen molar-refractivity contribution in [3.05, 3.63) is 34.6 Å². The van der Waals surface area contributed by atoms with E-state index in [2.05, 4.69) is 12.3 Å². The first-order valence-corrected chi connectivity index (χ1v) is 7.98. The monoisotopic (exact) mass is 300 g/mol. The summed E-state index contributed by atoms with van der Waals surface area (Å²) in [5.74, 6) is 5.30. The lowest BCUT2D eigenvalue weighted by Gasteiger charge is -2.17. The first-order chi connectivity index (χ1) is 9.69. The Bertz CT molecular complexity index is 385. The molecule has 0 bridgehead atoms. The normalized spacial score (nSPS) is 12.6. The van der Waals surface area contributed by atoms with E-state index in [4.69, 9.17) is 17.4 Å². The summed E-state index contributed by atoms with van der Waals surface area (Å²) in [5, 5.41) is 0.567. The molecule has 0 spiro atoms. The molecule has 0 aliphatic carbocycles. The second-order valence-electron chi connectivity index (χ2n) is 5.30. The van der Waals surface area contributed by atoms with Crippen LogP contribution in [0.1, 0.15) is 69.9 Å². The standard InChI is InChI=1S/C16H26ClFN2/c1-2-3-4-5-6-7-8-9-16(20-19)14-12-13(18)10-11-15(14)17/h10-12,16,20H,2-9,19H2,1H3. The second kappa shape index (κ2) is 10.1. The number of unbranched alkanes of at least 4 members (excludes halogenated alkanes) is 6. The molecule has 0 aliphatic heterocycles. The van der Waals surface area contributed by atoms with Gasteiger partial charge in [-0.05, 0) is 30.2 Å². The fourth-order valence-corrected chi connectivity index (χ4v) is 2.67. The maximum atomic E-state index is 13.3. The Labute approximate surface area is 126 Å². The van der Waals surface area contributed by atoms with Crippen molar-refractivity contribution in [2.24, 2.45) is 5.84 Å². The summed E-state index contributed by atoms with van der Waals surface area (Å²) in [6, 6.07) is 4.34.